The molecular formula is C52H32N2S2. The maximum absolute atomic E-state index is 2.44. The molecule has 0 radical (unpaired) electrons. The Kier molecular flexibility index (Phi) is 7.00. The van der Waals surface area contributed by atoms with Crippen molar-refractivity contribution in [2.24, 2.45) is 0 Å². The Balaban J connectivity index is 1.05. The Morgan fingerprint density at radius 1 is 0.357 bits per heavy atom. The molecule has 0 N–H and O–H groups in total. The third-order valence-electron chi connectivity index (χ3n) is 11.3. The summed E-state index contributed by atoms with van der Waals surface area (Å²) < 4.78 is 7.67. The number of anilines is 3. The molecule has 0 saturated carbocycles. The number of nitrogens with zero attached hydrogens (tertiary/aromatic N) is 2. The van der Waals surface area contributed by atoms with E-state index in [-0.39, 0.29) is 0 Å². The van der Waals surface area contributed by atoms with Gasteiger partial charge in [-0.05, 0) is 89.1 Å². The molecule has 12 aromatic rings. The molecule has 0 aliphatic carbocycles. The lowest BCUT2D eigenvalue weighted by molar-refractivity contribution is 1.19. The van der Waals surface area contributed by atoms with Crippen molar-refractivity contribution in [1.82, 2.24) is 4.57 Å². The van der Waals surface area contributed by atoms with E-state index in [0.717, 1.165) is 17.1 Å². The average molecular weight is 749 g/mol. The highest BCUT2D eigenvalue weighted by molar-refractivity contribution is 7.26. The van der Waals surface area contributed by atoms with Crippen molar-refractivity contribution in [2.45, 2.75) is 0 Å². The predicted octanol–water partition coefficient (Wildman–Crippen LogP) is 15.8. The van der Waals surface area contributed by atoms with Gasteiger partial charge in [0.05, 0.1) is 11.0 Å². The van der Waals surface area contributed by atoms with Crippen molar-refractivity contribution in [3.05, 3.63) is 194 Å². The molecule has 0 bridgehead atoms. The van der Waals surface area contributed by atoms with Crippen LogP contribution in [0.1, 0.15) is 0 Å². The first-order valence-electron chi connectivity index (χ1n) is 19.0. The van der Waals surface area contributed by atoms with Gasteiger partial charge in [0, 0.05) is 79.4 Å². The van der Waals surface area contributed by atoms with Gasteiger partial charge in [-0.2, -0.15) is 0 Å². The van der Waals surface area contributed by atoms with Crippen molar-refractivity contribution >= 4 is 113 Å². The topological polar surface area (TPSA) is 8.17 Å². The molecule has 56 heavy (non-hydrogen) atoms. The number of benzene rings is 9. The van der Waals surface area contributed by atoms with Crippen LogP contribution in [-0.2, 0) is 0 Å². The molecular weight excluding hydrogens is 717 g/mol. The normalized spacial score (nSPS) is 11.9. The first kappa shape index (κ1) is 31.6. The largest absolute Gasteiger partial charge is 0.310 e. The molecule has 0 amide bonds. The molecule has 262 valence electrons. The van der Waals surface area contributed by atoms with Crippen molar-refractivity contribution in [2.75, 3.05) is 4.90 Å². The maximum Gasteiger partial charge on any atom is 0.0541 e. The van der Waals surface area contributed by atoms with E-state index in [0.29, 0.717) is 0 Å². The van der Waals surface area contributed by atoms with Crippen LogP contribution in [0.4, 0.5) is 17.1 Å². The molecule has 0 unspecified atom stereocenters. The third-order valence-corrected chi connectivity index (χ3v) is 13.7. The van der Waals surface area contributed by atoms with Crippen molar-refractivity contribution in [1.29, 1.82) is 0 Å². The van der Waals surface area contributed by atoms with E-state index in [9.17, 15) is 0 Å². The number of para-hydroxylation sites is 2. The molecule has 0 aliphatic heterocycles. The SMILES string of the molecule is c1ccc2cc(N(c3ccc(-c4cc(-n5c6ccccc6c6ccccc65)cc5c4sc4ccccc45)cc3)c3ccc4c(c3)sc3ccccc34)ccc2c1. The Hall–Kier alpha value is -6.72. The van der Waals surface area contributed by atoms with E-state index in [1.54, 1.807) is 0 Å². The lowest BCUT2D eigenvalue weighted by atomic mass is 10.0. The predicted molar refractivity (Wildman–Crippen MR) is 244 cm³/mol. The summed E-state index contributed by atoms with van der Waals surface area (Å²) in [5.74, 6) is 0. The van der Waals surface area contributed by atoms with Gasteiger partial charge in [-0.15, -0.1) is 22.7 Å². The van der Waals surface area contributed by atoms with Gasteiger partial charge < -0.3 is 9.47 Å². The zero-order chi connectivity index (χ0) is 36.7. The second-order valence-corrected chi connectivity index (χ2v) is 16.7. The lowest BCUT2D eigenvalue weighted by Crippen LogP contribution is -2.09. The van der Waals surface area contributed by atoms with Crippen LogP contribution < -0.4 is 4.90 Å². The van der Waals surface area contributed by atoms with Crippen LogP contribution in [-0.4, -0.2) is 4.57 Å². The van der Waals surface area contributed by atoms with Crippen LogP contribution in [0.2, 0.25) is 0 Å². The fourth-order valence-electron chi connectivity index (χ4n) is 8.76. The number of hydrogen-bond donors (Lipinski definition) is 0. The van der Waals surface area contributed by atoms with E-state index >= 15 is 0 Å². The second-order valence-electron chi connectivity index (χ2n) is 14.5. The molecule has 0 spiro atoms. The van der Waals surface area contributed by atoms with Crippen LogP contribution in [0.15, 0.2) is 194 Å². The van der Waals surface area contributed by atoms with Crippen LogP contribution in [0.3, 0.4) is 0 Å². The number of aromatic nitrogens is 1. The van der Waals surface area contributed by atoms with Crippen molar-refractivity contribution in [3.8, 4) is 16.8 Å². The highest BCUT2D eigenvalue weighted by Crippen LogP contribution is 2.45. The molecule has 2 nitrogen and oxygen atoms in total. The van der Waals surface area contributed by atoms with E-state index in [2.05, 4.69) is 204 Å². The Bertz CT molecular complexity index is 3440. The number of thiophene rings is 2. The van der Waals surface area contributed by atoms with Gasteiger partial charge in [0.1, 0.15) is 0 Å². The Labute approximate surface area is 331 Å². The minimum Gasteiger partial charge on any atom is -0.310 e. The van der Waals surface area contributed by atoms with Crippen LogP contribution in [0.25, 0.3) is 89.7 Å². The quantitative estimate of drug-likeness (QED) is 0.170. The summed E-state index contributed by atoms with van der Waals surface area (Å²) in [6, 6.07) is 71.5. The average Bonchev–Trinajstić information content (AvgIpc) is 3.93. The van der Waals surface area contributed by atoms with Gasteiger partial charge in [0.15, 0.2) is 0 Å². The van der Waals surface area contributed by atoms with E-state index in [1.807, 2.05) is 22.7 Å². The second kappa shape index (κ2) is 12.4. The lowest BCUT2D eigenvalue weighted by Gasteiger charge is -2.26. The molecule has 3 aromatic heterocycles. The minimum atomic E-state index is 1.12. The summed E-state index contributed by atoms with van der Waals surface area (Å²) in [5, 5.41) is 10.2. The van der Waals surface area contributed by atoms with E-state index in [4.69, 9.17) is 0 Å². The molecule has 0 atom stereocenters. The monoisotopic (exact) mass is 748 g/mol. The molecule has 3 heterocycles. The number of hydrogen-bond acceptors (Lipinski definition) is 3. The van der Waals surface area contributed by atoms with E-state index in [1.165, 1.54) is 89.7 Å². The Morgan fingerprint density at radius 3 is 1.66 bits per heavy atom. The highest BCUT2D eigenvalue weighted by Gasteiger charge is 2.19. The zero-order valence-corrected chi connectivity index (χ0v) is 31.8. The number of rotatable bonds is 5. The van der Waals surface area contributed by atoms with Gasteiger partial charge in [-0.25, -0.2) is 0 Å². The van der Waals surface area contributed by atoms with Crippen LogP contribution >= 0.6 is 22.7 Å². The summed E-state index contributed by atoms with van der Waals surface area (Å²) in [6.07, 6.45) is 0. The molecule has 0 saturated heterocycles. The highest BCUT2D eigenvalue weighted by atomic mass is 32.1. The van der Waals surface area contributed by atoms with Crippen LogP contribution in [0.5, 0.6) is 0 Å². The third kappa shape index (κ3) is 4.86. The van der Waals surface area contributed by atoms with Gasteiger partial charge in [0.25, 0.3) is 0 Å². The summed E-state index contributed by atoms with van der Waals surface area (Å²) in [5.41, 5.74) is 9.46. The molecule has 9 aromatic carbocycles. The molecule has 12 rings (SSSR count). The fourth-order valence-corrected chi connectivity index (χ4v) is 11.1. The summed E-state index contributed by atoms with van der Waals surface area (Å²) in [4.78, 5) is 2.41. The van der Waals surface area contributed by atoms with Gasteiger partial charge in [-0.1, -0.05) is 121 Å². The van der Waals surface area contributed by atoms with Gasteiger partial charge in [0.2, 0.25) is 0 Å². The summed E-state index contributed by atoms with van der Waals surface area (Å²) in [7, 11) is 0. The first-order chi connectivity index (χ1) is 27.7. The first-order valence-corrected chi connectivity index (χ1v) is 20.6. The zero-order valence-electron chi connectivity index (χ0n) is 30.2. The molecule has 0 fully saturated rings. The fraction of sp³-hybridized carbons (Fsp3) is 0. The molecule has 4 heteroatoms. The van der Waals surface area contributed by atoms with Crippen LogP contribution in [0, 0.1) is 0 Å². The maximum atomic E-state index is 2.44. The van der Waals surface area contributed by atoms with Gasteiger partial charge >= 0.3 is 0 Å². The van der Waals surface area contributed by atoms with Crippen molar-refractivity contribution < 1.29 is 0 Å². The standard InChI is InChI=1S/C52H32N2S2/c1-2-12-35-29-37(26-21-33(35)11-1)53(38-27-28-44-42-15-5-9-19-49(42)55-51(44)32-38)36-24-22-34(23-25-36)45-30-39(31-46-43-16-6-10-20-50(43)56-52(45)46)54-47-17-7-3-13-40(47)41-14-4-8-18-48(41)54/h1-32H. The smallest absolute Gasteiger partial charge is 0.0541 e. The summed E-state index contributed by atoms with van der Waals surface area (Å²) in [6.45, 7) is 0. The van der Waals surface area contributed by atoms with Crippen molar-refractivity contribution in [3.63, 3.8) is 0 Å². The Morgan fingerprint density at radius 2 is 0.911 bits per heavy atom. The minimum absolute atomic E-state index is 1.12. The number of fused-ring (bicyclic) bond motifs is 10. The van der Waals surface area contributed by atoms with Gasteiger partial charge in [-0.3, -0.25) is 0 Å². The summed E-state index contributed by atoms with van der Waals surface area (Å²) >= 11 is 3.75. The van der Waals surface area contributed by atoms with E-state index < -0.39 is 0 Å². The molecule has 0 aliphatic rings.